The number of fused-ring (bicyclic) bond motifs is 1. The first-order valence-corrected chi connectivity index (χ1v) is 13.3. The highest BCUT2D eigenvalue weighted by molar-refractivity contribution is 7.55. The molecular weight excluding hydrogens is 400 g/mol. The van der Waals surface area contributed by atoms with Crippen LogP contribution in [-0.2, 0) is 27.2 Å². The zero-order valence-electron chi connectivity index (χ0n) is 17.5. The molecule has 0 aliphatic carbocycles. The van der Waals surface area contributed by atoms with E-state index < -0.39 is 26.6 Å². The van der Waals surface area contributed by atoms with E-state index in [1.54, 1.807) is 27.7 Å². The van der Waals surface area contributed by atoms with E-state index in [0.29, 0.717) is 13.0 Å². The lowest BCUT2D eigenvalue weighted by molar-refractivity contribution is 0.199. The summed E-state index contributed by atoms with van der Waals surface area (Å²) in [6.07, 6.45) is 0.305. The van der Waals surface area contributed by atoms with Crippen molar-refractivity contribution < 1.29 is 27.2 Å². The van der Waals surface area contributed by atoms with E-state index in [2.05, 4.69) is 0 Å². The Balaban J connectivity index is 2.62. The molecule has 0 amide bonds. The molecule has 28 heavy (non-hydrogen) atoms. The Hall–Kier alpha value is -0.680. The molecule has 0 spiro atoms. The molecule has 0 N–H and O–H groups in total. The fourth-order valence-corrected chi connectivity index (χ4v) is 8.35. The van der Waals surface area contributed by atoms with Gasteiger partial charge in [-0.3, -0.25) is 9.13 Å². The van der Waals surface area contributed by atoms with Crippen molar-refractivity contribution in [3.8, 4) is 0 Å². The van der Waals surface area contributed by atoms with E-state index in [1.165, 1.54) is 0 Å². The highest BCUT2D eigenvalue weighted by Crippen LogP contribution is 2.69. The molecule has 1 aliphatic rings. The number of hydrogen-bond donors (Lipinski definition) is 0. The standard InChI is InChI=1S/C19H33NO6P2/c1-6-20-17-14-12-11-13-16(17)18(27(21,23-7-2)24-8-3)15-19(20)28(22,25-9-4)26-10-5/h11-14,18-19H,6-10,15H2,1-5H3. The lowest BCUT2D eigenvalue weighted by Gasteiger charge is -2.44. The molecule has 0 radical (unpaired) electrons. The molecule has 1 aliphatic heterocycles. The Morgan fingerprint density at radius 1 is 0.857 bits per heavy atom. The summed E-state index contributed by atoms with van der Waals surface area (Å²) >= 11 is 0. The van der Waals surface area contributed by atoms with E-state index in [9.17, 15) is 9.13 Å². The fraction of sp³-hybridized carbons (Fsp3) is 0.684. The van der Waals surface area contributed by atoms with Crippen molar-refractivity contribution in [3.63, 3.8) is 0 Å². The highest BCUT2D eigenvalue weighted by Gasteiger charge is 2.50. The highest BCUT2D eigenvalue weighted by atomic mass is 31.2. The van der Waals surface area contributed by atoms with Gasteiger partial charge in [0.25, 0.3) is 0 Å². The third-order valence-electron chi connectivity index (χ3n) is 4.72. The number of nitrogens with zero attached hydrogens (tertiary/aromatic N) is 1. The second kappa shape index (κ2) is 10.4. The summed E-state index contributed by atoms with van der Waals surface area (Å²) in [5, 5.41) is 0. The molecule has 0 bridgehead atoms. The molecule has 2 atom stereocenters. The summed E-state index contributed by atoms with van der Waals surface area (Å²) in [5.41, 5.74) is 1.21. The third-order valence-corrected chi connectivity index (χ3v) is 9.67. The minimum atomic E-state index is -3.47. The normalized spacial score (nSPS) is 20.2. The van der Waals surface area contributed by atoms with Gasteiger partial charge in [0, 0.05) is 12.2 Å². The number of para-hydroxylation sites is 1. The molecule has 1 aromatic rings. The van der Waals surface area contributed by atoms with Crippen molar-refractivity contribution >= 4 is 20.9 Å². The van der Waals surface area contributed by atoms with Crippen LogP contribution in [0.3, 0.4) is 0 Å². The topological polar surface area (TPSA) is 74.3 Å². The minimum absolute atomic E-state index is 0.270. The molecule has 160 valence electrons. The summed E-state index contributed by atoms with van der Waals surface area (Å²) in [6, 6.07) is 7.71. The third kappa shape index (κ3) is 4.72. The van der Waals surface area contributed by atoms with Gasteiger partial charge in [-0.1, -0.05) is 18.2 Å². The summed E-state index contributed by atoms with van der Waals surface area (Å²) in [5.74, 6) is -0.563. The Kier molecular flexibility index (Phi) is 8.75. The lowest BCUT2D eigenvalue weighted by Crippen LogP contribution is -2.41. The van der Waals surface area contributed by atoms with Crippen LogP contribution in [0.5, 0.6) is 0 Å². The average Bonchev–Trinajstić information content (AvgIpc) is 2.67. The molecule has 0 saturated heterocycles. The smallest absolute Gasteiger partial charge is 0.352 e. The molecule has 7 nitrogen and oxygen atoms in total. The van der Waals surface area contributed by atoms with Gasteiger partial charge in [-0.15, -0.1) is 0 Å². The molecule has 0 saturated carbocycles. The largest absolute Gasteiger partial charge is 0.357 e. The van der Waals surface area contributed by atoms with Gasteiger partial charge in [-0.25, -0.2) is 0 Å². The van der Waals surface area contributed by atoms with Gasteiger partial charge in [0.15, 0.2) is 0 Å². The number of anilines is 1. The van der Waals surface area contributed by atoms with Crippen LogP contribution in [0.2, 0.25) is 0 Å². The van der Waals surface area contributed by atoms with Crippen molar-refractivity contribution in [1.82, 2.24) is 0 Å². The van der Waals surface area contributed by atoms with E-state index in [1.807, 2.05) is 36.1 Å². The summed E-state index contributed by atoms with van der Waals surface area (Å²) in [6.45, 7) is 10.9. The molecule has 2 rings (SSSR count). The first-order valence-electron chi connectivity index (χ1n) is 10.0. The maximum atomic E-state index is 13.7. The van der Waals surface area contributed by atoms with E-state index in [4.69, 9.17) is 18.1 Å². The van der Waals surface area contributed by atoms with Crippen LogP contribution in [-0.4, -0.2) is 38.8 Å². The van der Waals surface area contributed by atoms with E-state index in [-0.39, 0.29) is 26.4 Å². The summed E-state index contributed by atoms with van der Waals surface area (Å²) < 4.78 is 50.0. The van der Waals surface area contributed by atoms with Crippen molar-refractivity contribution in [2.24, 2.45) is 0 Å². The summed E-state index contributed by atoms with van der Waals surface area (Å²) in [7, 11) is -6.94. The molecular formula is C19H33NO6P2. The minimum Gasteiger partial charge on any atom is -0.357 e. The molecule has 1 heterocycles. The fourth-order valence-electron chi connectivity index (χ4n) is 3.77. The van der Waals surface area contributed by atoms with Gasteiger partial charge in [0.2, 0.25) is 0 Å². The Morgan fingerprint density at radius 2 is 1.36 bits per heavy atom. The van der Waals surface area contributed by atoms with Crippen LogP contribution in [0.1, 0.15) is 52.3 Å². The maximum Gasteiger partial charge on any atom is 0.352 e. The quantitative estimate of drug-likeness (QED) is 0.407. The molecule has 0 fully saturated rings. The molecule has 0 aromatic heterocycles. The van der Waals surface area contributed by atoms with Crippen LogP contribution in [0, 0.1) is 0 Å². The van der Waals surface area contributed by atoms with Crippen molar-refractivity contribution in [1.29, 1.82) is 0 Å². The molecule has 9 heteroatoms. The first-order chi connectivity index (χ1) is 13.4. The lowest BCUT2D eigenvalue weighted by atomic mass is 10.0. The summed E-state index contributed by atoms with van der Waals surface area (Å²) in [4.78, 5) is 2.03. The van der Waals surface area contributed by atoms with Crippen LogP contribution in [0.4, 0.5) is 5.69 Å². The first kappa shape index (κ1) is 23.6. The Morgan fingerprint density at radius 3 is 1.86 bits per heavy atom. The van der Waals surface area contributed by atoms with Crippen molar-refractivity contribution in [3.05, 3.63) is 29.8 Å². The van der Waals surface area contributed by atoms with Crippen LogP contribution >= 0.6 is 15.2 Å². The van der Waals surface area contributed by atoms with Gasteiger partial charge < -0.3 is 23.0 Å². The van der Waals surface area contributed by atoms with Gasteiger partial charge >= 0.3 is 15.2 Å². The zero-order chi connectivity index (χ0) is 20.8. The van der Waals surface area contributed by atoms with E-state index >= 15 is 0 Å². The van der Waals surface area contributed by atoms with Crippen molar-refractivity contribution in [2.75, 3.05) is 37.9 Å². The van der Waals surface area contributed by atoms with Gasteiger partial charge in [-0.05, 0) is 52.7 Å². The Bertz CT molecular complexity index is 708. The molecule has 1 aromatic carbocycles. The SMILES string of the molecule is CCOP(=O)(OCC)C1CC(P(=O)(OCC)OCC)N(CC)c2ccccc21. The van der Waals surface area contributed by atoms with Crippen LogP contribution in [0.15, 0.2) is 24.3 Å². The van der Waals surface area contributed by atoms with Crippen LogP contribution in [0.25, 0.3) is 0 Å². The zero-order valence-corrected chi connectivity index (χ0v) is 19.3. The van der Waals surface area contributed by atoms with Crippen molar-refractivity contribution in [2.45, 2.75) is 52.5 Å². The second-order valence-electron chi connectivity index (χ2n) is 6.33. The second-order valence-corrected chi connectivity index (χ2v) is 10.7. The van der Waals surface area contributed by atoms with E-state index in [0.717, 1.165) is 11.3 Å². The van der Waals surface area contributed by atoms with Gasteiger partial charge in [0.05, 0.1) is 32.1 Å². The van der Waals surface area contributed by atoms with Gasteiger partial charge in [0.1, 0.15) is 5.78 Å². The van der Waals surface area contributed by atoms with Crippen LogP contribution < -0.4 is 4.90 Å². The predicted octanol–water partition coefficient (Wildman–Crippen LogP) is 5.82. The molecule has 2 unspecified atom stereocenters. The number of rotatable bonds is 11. The number of benzene rings is 1. The Labute approximate surface area is 168 Å². The van der Waals surface area contributed by atoms with Gasteiger partial charge in [-0.2, -0.15) is 0 Å². The maximum absolute atomic E-state index is 13.7. The predicted molar refractivity (Wildman–Crippen MR) is 112 cm³/mol. The monoisotopic (exact) mass is 433 g/mol. The average molecular weight is 433 g/mol. The number of hydrogen-bond acceptors (Lipinski definition) is 7.